The van der Waals surface area contributed by atoms with Gasteiger partial charge in [0.15, 0.2) is 0 Å². The minimum atomic E-state index is -2.71. The minimum Gasteiger partial charge on any atom is -0.314 e. The normalized spacial score (nSPS) is 18.5. The summed E-state index contributed by atoms with van der Waals surface area (Å²) in [7, 11) is 0. The highest BCUT2D eigenvalue weighted by atomic mass is 79.9. The monoisotopic (exact) mass is 324 g/mol. The first-order valence-corrected chi connectivity index (χ1v) is 7.25. The molecule has 0 saturated carbocycles. The number of hydrogen-bond donors (Lipinski definition) is 1. The van der Waals surface area contributed by atoms with Crippen molar-refractivity contribution in [3.8, 4) is 0 Å². The molecule has 0 bridgehead atoms. The van der Waals surface area contributed by atoms with Crippen LogP contribution in [0.3, 0.4) is 0 Å². The van der Waals surface area contributed by atoms with E-state index in [1.807, 2.05) is 0 Å². The van der Waals surface area contributed by atoms with E-state index in [1.165, 1.54) is 6.07 Å². The summed E-state index contributed by atoms with van der Waals surface area (Å²) in [6.45, 7) is 3.99. The third-order valence-corrected chi connectivity index (χ3v) is 4.62. The van der Waals surface area contributed by atoms with E-state index < -0.39 is 5.92 Å². The van der Waals surface area contributed by atoms with Gasteiger partial charge in [-0.1, -0.05) is 0 Å². The average molecular weight is 325 g/mol. The Morgan fingerprint density at radius 3 is 2.65 bits per heavy atom. The van der Waals surface area contributed by atoms with Crippen molar-refractivity contribution in [1.82, 2.24) is 10.2 Å². The quantitative estimate of drug-likeness (QED) is 0.916. The summed E-state index contributed by atoms with van der Waals surface area (Å²) in [6, 6.07) is 3.19. The van der Waals surface area contributed by atoms with Crippen LogP contribution in [0.5, 0.6) is 0 Å². The summed E-state index contributed by atoms with van der Waals surface area (Å²) in [5.74, 6) is -2.71. The molecule has 1 aliphatic heterocycles. The van der Waals surface area contributed by atoms with Crippen molar-refractivity contribution in [2.24, 2.45) is 0 Å². The third kappa shape index (κ3) is 3.71. The van der Waals surface area contributed by atoms with Gasteiger partial charge in [0.2, 0.25) is 0 Å². The second-order valence-electron chi connectivity index (χ2n) is 4.15. The molecule has 0 aromatic carbocycles. The number of nitrogens with zero attached hydrogens (tertiary/aromatic N) is 1. The highest BCUT2D eigenvalue weighted by molar-refractivity contribution is 9.11. The van der Waals surface area contributed by atoms with Gasteiger partial charge in [-0.25, -0.2) is 8.78 Å². The lowest BCUT2D eigenvalue weighted by Crippen LogP contribution is -2.44. The Morgan fingerprint density at radius 2 is 2.06 bits per heavy atom. The topological polar surface area (TPSA) is 15.3 Å². The van der Waals surface area contributed by atoms with Gasteiger partial charge in [0.05, 0.1) is 8.66 Å². The van der Waals surface area contributed by atoms with Crippen molar-refractivity contribution < 1.29 is 8.78 Å². The van der Waals surface area contributed by atoms with E-state index in [2.05, 4.69) is 26.1 Å². The Balaban J connectivity index is 1.88. The minimum absolute atomic E-state index is 0.0973. The molecule has 1 N–H and O–H groups in total. The fraction of sp³-hybridized carbons (Fsp3) is 0.636. The molecule has 1 fully saturated rings. The molecular weight excluding hydrogens is 310 g/mol. The summed E-state index contributed by atoms with van der Waals surface area (Å²) in [5.41, 5.74) is 0. The van der Waals surface area contributed by atoms with Crippen molar-refractivity contribution in [3.05, 3.63) is 20.8 Å². The standard InChI is InChI=1S/C11H15BrF2N2S/c12-10-2-1-9(17-10)11(13,14)3-6-16-7-4-15-5-8-16/h1-2,15H,3-8H2. The number of hydrogen-bond acceptors (Lipinski definition) is 3. The van der Waals surface area contributed by atoms with E-state index in [9.17, 15) is 8.78 Å². The Kier molecular flexibility index (Phi) is 4.52. The molecule has 0 unspecified atom stereocenters. The number of alkyl halides is 2. The van der Waals surface area contributed by atoms with Crippen molar-refractivity contribution in [3.63, 3.8) is 0 Å². The van der Waals surface area contributed by atoms with Crippen molar-refractivity contribution in [2.45, 2.75) is 12.3 Å². The first-order valence-electron chi connectivity index (χ1n) is 5.65. The summed E-state index contributed by atoms with van der Waals surface area (Å²) in [6.07, 6.45) is -0.0973. The van der Waals surface area contributed by atoms with Crippen LogP contribution < -0.4 is 5.32 Å². The molecule has 2 heterocycles. The molecule has 2 nitrogen and oxygen atoms in total. The van der Waals surface area contributed by atoms with Crippen molar-refractivity contribution >= 4 is 27.3 Å². The van der Waals surface area contributed by atoms with E-state index in [1.54, 1.807) is 6.07 Å². The highest BCUT2D eigenvalue weighted by Crippen LogP contribution is 2.38. The van der Waals surface area contributed by atoms with Crippen LogP contribution in [0.1, 0.15) is 11.3 Å². The molecule has 1 aliphatic rings. The zero-order chi connectivity index (χ0) is 12.3. The Labute approximate surface area is 112 Å². The third-order valence-electron chi connectivity index (χ3n) is 2.89. The van der Waals surface area contributed by atoms with Gasteiger partial charge in [0, 0.05) is 39.1 Å². The fourth-order valence-electron chi connectivity index (χ4n) is 1.87. The molecule has 6 heteroatoms. The average Bonchev–Trinajstić information content (AvgIpc) is 2.76. The van der Waals surface area contributed by atoms with Crippen LogP contribution >= 0.6 is 27.3 Å². The molecule has 0 amide bonds. The highest BCUT2D eigenvalue weighted by Gasteiger charge is 2.33. The maximum atomic E-state index is 13.9. The van der Waals surface area contributed by atoms with Gasteiger partial charge in [-0.15, -0.1) is 11.3 Å². The lowest BCUT2D eigenvalue weighted by molar-refractivity contribution is -0.0190. The Bertz CT molecular complexity index is 364. The van der Waals surface area contributed by atoms with Gasteiger partial charge in [-0.2, -0.15) is 0 Å². The molecular formula is C11H15BrF2N2S. The van der Waals surface area contributed by atoms with Gasteiger partial charge in [0.25, 0.3) is 5.92 Å². The number of piperazine rings is 1. The molecule has 0 aliphatic carbocycles. The van der Waals surface area contributed by atoms with Crippen molar-refractivity contribution in [1.29, 1.82) is 0 Å². The molecule has 0 radical (unpaired) electrons. The van der Waals surface area contributed by atoms with Crippen LogP contribution in [0.4, 0.5) is 8.78 Å². The summed E-state index contributed by atoms with van der Waals surface area (Å²) >= 11 is 4.34. The summed E-state index contributed by atoms with van der Waals surface area (Å²) in [5, 5.41) is 3.21. The zero-order valence-corrected chi connectivity index (χ0v) is 11.8. The first kappa shape index (κ1) is 13.4. The molecule has 1 aromatic heterocycles. The van der Waals surface area contributed by atoms with E-state index in [0.29, 0.717) is 6.54 Å². The van der Waals surface area contributed by atoms with E-state index in [0.717, 1.165) is 41.3 Å². The van der Waals surface area contributed by atoms with E-state index in [-0.39, 0.29) is 11.3 Å². The van der Waals surface area contributed by atoms with Crippen LogP contribution in [-0.2, 0) is 5.92 Å². The maximum absolute atomic E-state index is 13.9. The number of nitrogens with one attached hydrogen (secondary N) is 1. The predicted molar refractivity (Wildman–Crippen MR) is 69.8 cm³/mol. The number of rotatable bonds is 4. The van der Waals surface area contributed by atoms with Crippen LogP contribution in [0.15, 0.2) is 15.9 Å². The van der Waals surface area contributed by atoms with Crippen LogP contribution in [0, 0.1) is 0 Å². The fourth-order valence-corrected chi connectivity index (χ4v) is 3.26. The molecule has 2 rings (SSSR count). The Hall–Kier alpha value is -0.0400. The maximum Gasteiger partial charge on any atom is 0.283 e. The smallest absolute Gasteiger partial charge is 0.283 e. The molecule has 17 heavy (non-hydrogen) atoms. The van der Waals surface area contributed by atoms with Gasteiger partial charge >= 0.3 is 0 Å². The molecule has 0 atom stereocenters. The summed E-state index contributed by atoms with van der Waals surface area (Å²) in [4.78, 5) is 2.24. The van der Waals surface area contributed by atoms with E-state index >= 15 is 0 Å². The molecule has 1 aromatic rings. The molecule has 1 saturated heterocycles. The lowest BCUT2D eigenvalue weighted by atomic mass is 10.2. The second-order valence-corrected chi connectivity index (χ2v) is 6.61. The van der Waals surface area contributed by atoms with Gasteiger partial charge in [-0.3, -0.25) is 0 Å². The molecule has 0 spiro atoms. The predicted octanol–water partition coefficient (Wildman–Crippen LogP) is 2.90. The molecule has 96 valence electrons. The van der Waals surface area contributed by atoms with Gasteiger partial charge in [-0.05, 0) is 28.1 Å². The van der Waals surface area contributed by atoms with Crippen LogP contribution in [0.2, 0.25) is 0 Å². The zero-order valence-electron chi connectivity index (χ0n) is 9.39. The largest absolute Gasteiger partial charge is 0.314 e. The van der Waals surface area contributed by atoms with Gasteiger partial charge < -0.3 is 10.2 Å². The first-order chi connectivity index (χ1) is 8.08. The lowest BCUT2D eigenvalue weighted by Gasteiger charge is -2.28. The number of halogens is 3. The van der Waals surface area contributed by atoms with Crippen LogP contribution in [0.25, 0.3) is 0 Å². The Morgan fingerprint density at radius 1 is 1.35 bits per heavy atom. The van der Waals surface area contributed by atoms with E-state index in [4.69, 9.17) is 0 Å². The number of thiophene rings is 1. The second kappa shape index (κ2) is 5.73. The van der Waals surface area contributed by atoms with Gasteiger partial charge in [0.1, 0.15) is 0 Å². The van der Waals surface area contributed by atoms with Crippen LogP contribution in [-0.4, -0.2) is 37.6 Å². The van der Waals surface area contributed by atoms with Crippen molar-refractivity contribution in [2.75, 3.05) is 32.7 Å². The SMILES string of the molecule is FC(F)(CCN1CCNCC1)c1ccc(Br)s1. The summed E-state index contributed by atoms with van der Waals surface area (Å²) < 4.78 is 28.5.